The van der Waals surface area contributed by atoms with E-state index in [1.54, 1.807) is 16.2 Å². The molecule has 1 amide bonds. The molecule has 0 radical (unpaired) electrons. The maximum absolute atomic E-state index is 12.5. The van der Waals surface area contributed by atoms with Crippen LogP contribution in [0.15, 0.2) is 41.1 Å². The minimum atomic E-state index is -0.533. The summed E-state index contributed by atoms with van der Waals surface area (Å²) in [5.74, 6) is 6.43. The molecule has 1 aliphatic heterocycles. The molecular weight excluding hydrogens is 266 g/mol. The standard InChI is InChI=1S/C17H15NOS/c1-17(10-5-6-13-9-11-20-12-13)14-7-3-4-8-15(14)18(2)16(17)19/h3-4,7-9,11-12H,10H2,1-2H3. The molecule has 0 aliphatic carbocycles. The highest BCUT2D eigenvalue weighted by Crippen LogP contribution is 2.42. The first-order valence-corrected chi connectivity index (χ1v) is 7.46. The first-order valence-electron chi connectivity index (χ1n) is 6.52. The molecule has 100 valence electrons. The van der Waals surface area contributed by atoms with Crippen LogP contribution in [0.1, 0.15) is 24.5 Å². The third-order valence-electron chi connectivity index (χ3n) is 3.83. The van der Waals surface area contributed by atoms with Crippen LogP contribution in [0.25, 0.3) is 0 Å². The summed E-state index contributed by atoms with van der Waals surface area (Å²) < 4.78 is 0. The molecule has 0 spiro atoms. The van der Waals surface area contributed by atoms with E-state index >= 15 is 0 Å². The summed E-state index contributed by atoms with van der Waals surface area (Å²) in [6.45, 7) is 1.99. The second-order valence-corrected chi connectivity index (χ2v) is 5.98. The molecule has 1 aromatic heterocycles. The molecule has 0 N–H and O–H groups in total. The number of nitrogens with zero attached hydrogens (tertiary/aromatic N) is 1. The normalized spacial score (nSPS) is 20.5. The Hall–Kier alpha value is -2.05. The molecule has 1 atom stereocenters. The van der Waals surface area contributed by atoms with Crippen LogP contribution in [0.2, 0.25) is 0 Å². The van der Waals surface area contributed by atoms with Crippen molar-refractivity contribution in [1.82, 2.24) is 0 Å². The fourth-order valence-electron chi connectivity index (χ4n) is 2.66. The van der Waals surface area contributed by atoms with Gasteiger partial charge in [0.1, 0.15) is 0 Å². The molecule has 1 aromatic carbocycles. The third kappa shape index (κ3) is 1.93. The molecule has 0 bridgehead atoms. The molecule has 1 unspecified atom stereocenters. The SMILES string of the molecule is CN1C(=O)C(C)(CC#Cc2ccsc2)c2ccccc21. The molecule has 2 nitrogen and oxygen atoms in total. The maximum atomic E-state index is 12.5. The van der Waals surface area contributed by atoms with Gasteiger partial charge in [-0.05, 0) is 30.0 Å². The highest BCUT2D eigenvalue weighted by molar-refractivity contribution is 7.08. The lowest BCUT2D eigenvalue weighted by atomic mass is 9.81. The van der Waals surface area contributed by atoms with Gasteiger partial charge < -0.3 is 4.90 Å². The van der Waals surface area contributed by atoms with E-state index in [9.17, 15) is 4.79 Å². The van der Waals surface area contributed by atoms with E-state index in [0.29, 0.717) is 6.42 Å². The second-order valence-electron chi connectivity index (χ2n) is 5.20. The molecule has 2 aromatic rings. The average Bonchev–Trinajstić information content (AvgIpc) is 3.04. The number of anilines is 1. The van der Waals surface area contributed by atoms with E-state index in [-0.39, 0.29) is 5.91 Å². The number of para-hydroxylation sites is 1. The van der Waals surface area contributed by atoms with E-state index in [2.05, 4.69) is 11.8 Å². The number of thiophene rings is 1. The van der Waals surface area contributed by atoms with Gasteiger partial charge in [-0.25, -0.2) is 0 Å². The van der Waals surface area contributed by atoms with E-state index in [1.807, 2.05) is 55.1 Å². The van der Waals surface area contributed by atoms with Gasteiger partial charge >= 0.3 is 0 Å². The predicted octanol–water partition coefficient (Wildman–Crippen LogP) is 3.42. The van der Waals surface area contributed by atoms with Crippen molar-refractivity contribution in [3.63, 3.8) is 0 Å². The number of hydrogen-bond acceptors (Lipinski definition) is 2. The molecule has 3 rings (SSSR count). The van der Waals surface area contributed by atoms with Crippen molar-refractivity contribution in [2.75, 3.05) is 11.9 Å². The molecule has 3 heteroatoms. The number of fused-ring (bicyclic) bond motifs is 1. The number of hydrogen-bond donors (Lipinski definition) is 0. The van der Waals surface area contributed by atoms with Crippen LogP contribution < -0.4 is 4.90 Å². The number of carbonyl (C=O) groups is 1. The molecule has 20 heavy (non-hydrogen) atoms. The summed E-state index contributed by atoms with van der Waals surface area (Å²) in [6.07, 6.45) is 0.545. The van der Waals surface area contributed by atoms with Crippen molar-refractivity contribution in [3.05, 3.63) is 52.2 Å². The summed E-state index contributed by atoms with van der Waals surface area (Å²) in [6, 6.07) is 9.96. The molecular formula is C17H15NOS. The Morgan fingerprint density at radius 2 is 2.10 bits per heavy atom. The van der Waals surface area contributed by atoms with E-state index in [4.69, 9.17) is 0 Å². The number of benzene rings is 1. The Bertz CT molecular complexity index is 708. The second kappa shape index (κ2) is 4.81. The number of amides is 1. The smallest absolute Gasteiger partial charge is 0.238 e. The van der Waals surface area contributed by atoms with Gasteiger partial charge in [-0.3, -0.25) is 4.79 Å². The maximum Gasteiger partial charge on any atom is 0.238 e. The third-order valence-corrected chi connectivity index (χ3v) is 4.52. The zero-order chi connectivity index (χ0) is 14.2. The zero-order valence-corrected chi connectivity index (χ0v) is 12.3. The highest BCUT2D eigenvalue weighted by atomic mass is 32.1. The lowest BCUT2D eigenvalue weighted by molar-refractivity contribution is -0.122. The first-order chi connectivity index (χ1) is 9.63. The molecule has 0 saturated heterocycles. The van der Waals surface area contributed by atoms with Crippen molar-refractivity contribution >= 4 is 22.9 Å². The Morgan fingerprint density at radius 3 is 2.85 bits per heavy atom. The van der Waals surface area contributed by atoms with Gasteiger partial charge in [0.25, 0.3) is 0 Å². The van der Waals surface area contributed by atoms with Gasteiger partial charge in [0.05, 0.1) is 5.41 Å². The summed E-state index contributed by atoms with van der Waals surface area (Å²) in [7, 11) is 1.83. The fourth-order valence-corrected chi connectivity index (χ4v) is 3.24. The number of carbonyl (C=O) groups excluding carboxylic acids is 1. The lowest BCUT2D eigenvalue weighted by Gasteiger charge is -2.20. The molecule has 1 aliphatic rings. The van der Waals surface area contributed by atoms with Gasteiger partial charge in [0.2, 0.25) is 5.91 Å². The van der Waals surface area contributed by atoms with Gasteiger partial charge in [-0.15, -0.1) is 0 Å². The minimum absolute atomic E-state index is 0.123. The van der Waals surface area contributed by atoms with Crippen LogP contribution in [0.3, 0.4) is 0 Å². The van der Waals surface area contributed by atoms with Crippen LogP contribution in [-0.4, -0.2) is 13.0 Å². The topological polar surface area (TPSA) is 20.3 Å². The van der Waals surface area contributed by atoms with Crippen LogP contribution in [0.4, 0.5) is 5.69 Å². The van der Waals surface area contributed by atoms with Crippen LogP contribution in [-0.2, 0) is 10.2 Å². The van der Waals surface area contributed by atoms with Crippen molar-refractivity contribution < 1.29 is 4.79 Å². The summed E-state index contributed by atoms with van der Waals surface area (Å²) in [5.41, 5.74) is 2.56. The van der Waals surface area contributed by atoms with Crippen molar-refractivity contribution in [1.29, 1.82) is 0 Å². The van der Waals surface area contributed by atoms with Crippen LogP contribution in [0, 0.1) is 11.8 Å². The Kier molecular flexibility index (Phi) is 3.11. The molecule has 0 saturated carbocycles. The van der Waals surface area contributed by atoms with Crippen molar-refractivity contribution in [2.45, 2.75) is 18.8 Å². The summed E-state index contributed by atoms with van der Waals surface area (Å²) in [4.78, 5) is 14.3. The van der Waals surface area contributed by atoms with Crippen LogP contribution >= 0.6 is 11.3 Å². The summed E-state index contributed by atoms with van der Waals surface area (Å²) >= 11 is 1.63. The Morgan fingerprint density at radius 1 is 1.30 bits per heavy atom. The van der Waals surface area contributed by atoms with Crippen LogP contribution in [0.5, 0.6) is 0 Å². The Balaban J connectivity index is 1.94. The van der Waals surface area contributed by atoms with Crippen molar-refractivity contribution in [3.8, 4) is 11.8 Å². The lowest BCUT2D eigenvalue weighted by Crippen LogP contribution is -2.35. The number of rotatable bonds is 1. The fraction of sp³-hybridized carbons (Fsp3) is 0.235. The van der Waals surface area contributed by atoms with Gasteiger partial charge in [-0.2, -0.15) is 11.3 Å². The van der Waals surface area contributed by atoms with E-state index < -0.39 is 5.41 Å². The number of likely N-dealkylation sites (N-methyl/N-ethyl adjacent to an activating group) is 1. The van der Waals surface area contributed by atoms with Gasteiger partial charge in [0, 0.05) is 30.1 Å². The Labute approximate surface area is 123 Å². The quantitative estimate of drug-likeness (QED) is 0.733. The molecule has 2 heterocycles. The average molecular weight is 281 g/mol. The van der Waals surface area contributed by atoms with E-state index in [0.717, 1.165) is 16.8 Å². The summed E-state index contributed by atoms with van der Waals surface area (Å²) in [5, 5.41) is 4.03. The highest BCUT2D eigenvalue weighted by Gasteiger charge is 2.45. The predicted molar refractivity (Wildman–Crippen MR) is 83.0 cm³/mol. The monoisotopic (exact) mass is 281 g/mol. The minimum Gasteiger partial charge on any atom is -0.314 e. The first kappa shape index (κ1) is 13.0. The van der Waals surface area contributed by atoms with Gasteiger partial charge in [-0.1, -0.05) is 30.0 Å². The van der Waals surface area contributed by atoms with Gasteiger partial charge in [0.15, 0.2) is 0 Å². The molecule has 0 fully saturated rings. The van der Waals surface area contributed by atoms with E-state index in [1.165, 1.54) is 0 Å². The largest absolute Gasteiger partial charge is 0.314 e. The van der Waals surface area contributed by atoms with Crippen molar-refractivity contribution in [2.24, 2.45) is 0 Å². The zero-order valence-electron chi connectivity index (χ0n) is 11.5.